The van der Waals surface area contributed by atoms with Crippen molar-refractivity contribution in [1.29, 1.82) is 0 Å². The zero-order valence-electron chi connectivity index (χ0n) is 9.22. The monoisotopic (exact) mass is 214 g/mol. The quantitative estimate of drug-likeness (QED) is 0.514. The average Bonchev–Trinajstić information content (AvgIpc) is 1.97. The third kappa shape index (κ3) is 22.4. The molecule has 0 saturated heterocycles. The molecule has 0 bridgehead atoms. The van der Waals surface area contributed by atoms with Gasteiger partial charge in [-0.2, -0.15) is 0 Å². The molecule has 0 saturated carbocycles. The zero-order valence-corrected chi connectivity index (χ0v) is 10.2. The van der Waals surface area contributed by atoms with Gasteiger partial charge in [0.05, 0.1) is 6.61 Å². The van der Waals surface area contributed by atoms with Crippen molar-refractivity contribution in [3.63, 3.8) is 0 Å². The predicted octanol–water partition coefficient (Wildman–Crippen LogP) is 1.51. The Labute approximate surface area is 86.5 Å². The maximum atomic E-state index is 9.00. The molecule has 4 heteroatoms. The van der Waals surface area contributed by atoms with Gasteiger partial charge in [-0.3, -0.25) is 4.79 Å². The zero-order chi connectivity index (χ0) is 11.8. The van der Waals surface area contributed by atoms with Crippen LogP contribution in [0.25, 0.3) is 0 Å². The fourth-order valence-corrected chi connectivity index (χ4v) is 0.867. The summed E-state index contributed by atoms with van der Waals surface area (Å²) in [6.45, 7) is 11.1. The molecule has 0 aliphatic heterocycles. The van der Waals surface area contributed by atoms with E-state index in [0.29, 0.717) is 5.57 Å². The number of carboxylic acid groups (broad SMARTS) is 1. The van der Waals surface area contributed by atoms with Crippen LogP contribution in [0.4, 0.5) is 0 Å². The summed E-state index contributed by atoms with van der Waals surface area (Å²) in [5, 5.41) is 16.0. The van der Waals surface area contributed by atoms with Crippen LogP contribution in [0.15, 0.2) is 12.2 Å². The van der Waals surface area contributed by atoms with Crippen molar-refractivity contribution < 1.29 is 15.0 Å². The van der Waals surface area contributed by atoms with E-state index in [2.05, 4.69) is 37.7 Å². The molecule has 3 nitrogen and oxygen atoms in total. The van der Waals surface area contributed by atoms with E-state index in [1.807, 2.05) is 0 Å². The Morgan fingerprint density at radius 1 is 1.43 bits per heavy atom. The van der Waals surface area contributed by atoms with Crippen molar-refractivity contribution in [1.82, 2.24) is 0 Å². The first-order valence-electron chi connectivity index (χ1n) is 4.20. The lowest BCUT2D eigenvalue weighted by molar-refractivity contribution is -0.134. The number of aliphatic hydroxyl groups excluding tert-OH is 1. The fraction of sp³-hybridized carbons (Fsp3) is 0.500. The minimum absolute atomic E-state index is 0.0164. The Morgan fingerprint density at radius 2 is 1.79 bits per heavy atom. The van der Waals surface area contributed by atoms with Crippen LogP contribution < -0.4 is 0 Å². The van der Waals surface area contributed by atoms with Crippen LogP contribution in [0.1, 0.15) is 6.92 Å². The topological polar surface area (TPSA) is 57.5 Å². The van der Waals surface area contributed by atoms with Gasteiger partial charge in [0.2, 0.25) is 0 Å². The van der Waals surface area contributed by atoms with Gasteiger partial charge < -0.3 is 10.2 Å². The van der Waals surface area contributed by atoms with E-state index < -0.39 is 14.0 Å². The molecule has 0 aliphatic rings. The van der Waals surface area contributed by atoms with Gasteiger partial charge in [-0.15, -0.1) is 5.54 Å². The fourth-order valence-electron chi connectivity index (χ4n) is 0.315. The summed E-state index contributed by atoms with van der Waals surface area (Å²) in [7, 11) is -1.27. The Hall–Kier alpha value is -1.05. The van der Waals surface area contributed by atoms with Gasteiger partial charge in [0.1, 0.15) is 8.07 Å². The smallest absolute Gasteiger partial charge is 0.300 e. The van der Waals surface area contributed by atoms with Crippen LogP contribution in [-0.2, 0) is 4.79 Å². The molecule has 14 heavy (non-hydrogen) atoms. The normalized spacial score (nSPS) is 8.93. The summed E-state index contributed by atoms with van der Waals surface area (Å²) >= 11 is 0. The molecule has 0 aromatic rings. The molecule has 0 amide bonds. The van der Waals surface area contributed by atoms with E-state index in [1.54, 1.807) is 0 Å². The van der Waals surface area contributed by atoms with Crippen LogP contribution in [0, 0.1) is 11.5 Å². The van der Waals surface area contributed by atoms with Gasteiger partial charge in [0, 0.05) is 12.5 Å². The lowest BCUT2D eigenvalue weighted by Crippen LogP contribution is -2.16. The lowest BCUT2D eigenvalue weighted by Gasteiger charge is -2.03. The highest BCUT2D eigenvalue weighted by atomic mass is 28.3. The second kappa shape index (κ2) is 7.36. The second-order valence-electron chi connectivity index (χ2n) is 3.78. The summed E-state index contributed by atoms with van der Waals surface area (Å²) < 4.78 is 0. The molecular formula is C10H18O3Si. The van der Waals surface area contributed by atoms with Crippen molar-refractivity contribution in [3.8, 4) is 11.5 Å². The summed E-state index contributed by atoms with van der Waals surface area (Å²) in [6, 6.07) is 0. The molecule has 0 unspecified atom stereocenters. The van der Waals surface area contributed by atoms with Gasteiger partial charge in [0.25, 0.3) is 5.97 Å². The Bertz CT molecular complexity index is 249. The summed E-state index contributed by atoms with van der Waals surface area (Å²) in [5.41, 5.74) is 3.72. The van der Waals surface area contributed by atoms with Gasteiger partial charge in [-0.25, -0.2) is 0 Å². The van der Waals surface area contributed by atoms with Crippen molar-refractivity contribution in [2.24, 2.45) is 0 Å². The van der Waals surface area contributed by atoms with Crippen molar-refractivity contribution >= 4 is 14.0 Å². The van der Waals surface area contributed by atoms with E-state index >= 15 is 0 Å². The molecule has 2 N–H and O–H groups in total. The molecule has 0 aliphatic carbocycles. The van der Waals surface area contributed by atoms with Gasteiger partial charge in [-0.1, -0.05) is 32.1 Å². The van der Waals surface area contributed by atoms with E-state index in [0.717, 1.165) is 6.92 Å². The molecule has 0 fully saturated rings. The van der Waals surface area contributed by atoms with E-state index in [9.17, 15) is 0 Å². The predicted molar refractivity (Wildman–Crippen MR) is 60.7 cm³/mol. The van der Waals surface area contributed by atoms with Gasteiger partial charge in [-0.05, 0) is 0 Å². The van der Waals surface area contributed by atoms with Crippen LogP contribution in [-0.4, -0.2) is 30.9 Å². The highest BCUT2D eigenvalue weighted by Gasteiger charge is 2.07. The van der Waals surface area contributed by atoms with Crippen molar-refractivity contribution in [2.45, 2.75) is 26.6 Å². The molecule has 0 aromatic heterocycles. The van der Waals surface area contributed by atoms with Crippen molar-refractivity contribution in [2.75, 3.05) is 6.61 Å². The number of aliphatic hydroxyl groups is 1. The van der Waals surface area contributed by atoms with Crippen LogP contribution in [0.5, 0.6) is 0 Å². The molecule has 0 atom stereocenters. The maximum absolute atomic E-state index is 9.00. The van der Waals surface area contributed by atoms with E-state index in [1.165, 1.54) is 0 Å². The summed E-state index contributed by atoms with van der Waals surface area (Å²) in [4.78, 5) is 9.00. The third-order valence-corrected chi connectivity index (χ3v) is 1.68. The first-order chi connectivity index (χ1) is 6.19. The van der Waals surface area contributed by atoms with Crippen molar-refractivity contribution in [3.05, 3.63) is 12.2 Å². The number of rotatable bonds is 1. The van der Waals surface area contributed by atoms with E-state index in [4.69, 9.17) is 15.0 Å². The molecule has 0 radical (unpaired) electrons. The minimum Gasteiger partial charge on any atom is -0.481 e. The SMILES string of the molecule is C=C(C#C[Si](C)(C)C)CO.CC(=O)O. The van der Waals surface area contributed by atoms with Crippen LogP contribution >= 0.6 is 0 Å². The van der Waals surface area contributed by atoms with Crippen LogP contribution in [0.3, 0.4) is 0 Å². The first-order valence-corrected chi connectivity index (χ1v) is 7.70. The Kier molecular flexibility index (Phi) is 8.11. The molecule has 80 valence electrons. The number of hydrogen-bond acceptors (Lipinski definition) is 2. The van der Waals surface area contributed by atoms with Crippen LogP contribution in [0.2, 0.25) is 19.6 Å². The molecule has 0 aromatic carbocycles. The molecular weight excluding hydrogens is 196 g/mol. The highest BCUT2D eigenvalue weighted by molar-refractivity contribution is 6.83. The Balaban J connectivity index is 0. The third-order valence-electron chi connectivity index (χ3n) is 0.805. The highest BCUT2D eigenvalue weighted by Crippen LogP contribution is 1.97. The number of carbonyl (C=O) groups is 1. The second-order valence-corrected chi connectivity index (χ2v) is 8.53. The van der Waals surface area contributed by atoms with Gasteiger partial charge >= 0.3 is 0 Å². The summed E-state index contributed by atoms with van der Waals surface area (Å²) in [6.07, 6.45) is 0. The number of carboxylic acids is 1. The summed E-state index contributed by atoms with van der Waals surface area (Å²) in [5.74, 6) is 2.01. The average molecular weight is 214 g/mol. The minimum atomic E-state index is -1.27. The number of hydrogen-bond donors (Lipinski definition) is 2. The van der Waals surface area contributed by atoms with E-state index in [-0.39, 0.29) is 6.61 Å². The maximum Gasteiger partial charge on any atom is 0.300 e. The standard InChI is InChI=1S/C8H14OSi.C2H4O2/c1-8(7-9)5-6-10(2,3)4;1-2(3)4/h9H,1,7H2,2-4H3;1H3,(H,3,4). The molecule has 0 rings (SSSR count). The lowest BCUT2D eigenvalue weighted by atomic mass is 10.3. The number of aliphatic carboxylic acids is 1. The Morgan fingerprint density at radius 3 is 2.00 bits per heavy atom. The van der Waals surface area contributed by atoms with Gasteiger partial charge in [0.15, 0.2) is 0 Å². The molecule has 0 spiro atoms. The largest absolute Gasteiger partial charge is 0.481 e. The first kappa shape index (κ1) is 15.4. The molecule has 0 heterocycles.